The molecule has 2 rings (SSSR count). The molecule has 1 aliphatic carbocycles. The van der Waals surface area contributed by atoms with Crippen molar-refractivity contribution >= 4 is 0 Å². The highest BCUT2D eigenvalue weighted by atomic mass is 19.2. The Morgan fingerprint density at radius 3 is 1.65 bits per heavy atom. The fourth-order valence-electron chi connectivity index (χ4n) is 1.91. The van der Waals surface area contributed by atoms with Gasteiger partial charge in [0, 0.05) is 0 Å². The maximum atomic E-state index is 12.2. The van der Waals surface area contributed by atoms with Crippen LogP contribution in [-0.4, -0.2) is 0 Å². The molecule has 0 radical (unpaired) electrons. The number of benzene rings is 1. The van der Waals surface area contributed by atoms with E-state index in [0.29, 0.717) is 0 Å². The lowest BCUT2D eigenvalue weighted by molar-refractivity contribution is 0.385. The first-order valence-corrected chi connectivity index (χ1v) is 8.01. The summed E-state index contributed by atoms with van der Waals surface area (Å²) >= 11 is 0. The van der Waals surface area contributed by atoms with E-state index in [4.69, 9.17) is 0 Å². The summed E-state index contributed by atoms with van der Waals surface area (Å²) in [4.78, 5) is 0. The second-order valence-electron chi connectivity index (χ2n) is 4.66. The summed E-state index contributed by atoms with van der Waals surface area (Å²) in [6.07, 6.45) is 7.44. The van der Waals surface area contributed by atoms with Crippen LogP contribution in [0.2, 0.25) is 0 Å². The summed E-state index contributed by atoms with van der Waals surface area (Å²) in [6.45, 7) is 12.1. The number of hydrogen-bond acceptors (Lipinski definition) is 0. The average molecular weight is 286 g/mol. The molecule has 0 amide bonds. The van der Waals surface area contributed by atoms with Gasteiger partial charge in [0.1, 0.15) is 0 Å². The van der Waals surface area contributed by atoms with Crippen LogP contribution in [0.4, 0.5) is 8.78 Å². The number of aryl methyl sites for hydroxylation is 1. The summed E-state index contributed by atoms with van der Waals surface area (Å²) < 4.78 is 24.3. The van der Waals surface area contributed by atoms with E-state index in [1.54, 1.807) is 6.92 Å². The van der Waals surface area contributed by atoms with E-state index in [9.17, 15) is 8.78 Å². The topological polar surface area (TPSA) is 0 Å². The van der Waals surface area contributed by atoms with Crippen LogP contribution in [0.3, 0.4) is 0 Å². The van der Waals surface area contributed by atoms with Crippen molar-refractivity contribution in [1.82, 2.24) is 0 Å². The van der Waals surface area contributed by atoms with Crippen molar-refractivity contribution in [2.24, 2.45) is 5.92 Å². The van der Waals surface area contributed by atoms with E-state index in [2.05, 4.69) is 6.92 Å². The molecule has 0 saturated heterocycles. The fraction of sp³-hybridized carbons (Fsp3) is 0.667. The predicted octanol–water partition coefficient (Wildman–Crippen LogP) is 6.91. The van der Waals surface area contributed by atoms with Crippen molar-refractivity contribution in [3.8, 4) is 0 Å². The van der Waals surface area contributed by atoms with Crippen LogP contribution >= 0.6 is 0 Å². The third-order valence-electron chi connectivity index (χ3n) is 2.97. The second-order valence-corrected chi connectivity index (χ2v) is 4.66. The molecule has 2 heteroatoms. The molecule has 0 aliphatic heterocycles. The molecule has 0 bridgehead atoms. The smallest absolute Gasteiger partial charge is 0.159 e. The van der Waals surface area contributed by atoms with Crippen LogP contribution in [0.25, 0.3) is 0 Å². The minimum absolute atomic E-state index is 0.730. The lowest BCUT2D eigenvalue weighted by atomic mass is 9.91. The average Bonchev–Trinajstić information content (AvgIpc) is 2.49. The van der Waals surface area contributed by atoms with Gasteiger partial charge in [0.05, 0.1) is 0 Å². The molecule has 1 aromatic carbocycles. The minimum atomic E-state index is -0.791. The van der Waals surface area contributed by atoms with Gasteiger partial charge in [-0.1, -0.05) is 72.8 Å². The molecule has 1 fully saturated rings. The van der Waals surface area contributed by atoms with Gasteiger partial charge in [0.15, 0.2) is 11.6 Å². The largest absolute Gasteiger partial charge is 0.204 e. The Kier molecular flexibility index (Phi) is 15.5. The van der Waals surface area contributed by atoms with Crippen molar-refractivity contribution < 1.29 is 8.78 Å². The van der Waals surface area contributed by atoms with E-state index >= 15 is 0 Å². The summed E-state index contributed by atoms with van der Waals surface area (Å²) in [7, 11) is 0. The van der Waals surface area contributed by atoms with Crippen LogP contribution in [0.1, 0.15) is 72.3 Å². The molecule has 1 aliphatic rings. The van der Waals surface area contributed by atoms with Crippen molar-refractivity contribution in [3.05, 3.63) is 35.4 Å². The SMILES string of the molecule is CC.CC.CC1CCCCC1.Cc1ccc(F)c(F)c1. The van der Waals surface area contributed by atoms with Gasteiger partial charge in [-0.2, -0.15) is 0 Å². The molecule has 0 atom stereocenters. The maximum absolute atomic E-state index is 12.2. The van der Waals surface area contributed by atoms with Gasteiger partial charge in [-0.3, -0.25) is 0 Å². The van der Waals surface area contributed by atoms with Crippen LogP contribution in [0, 0.1) is 24.5 Å². The molecule has 0 aromatic heterocycles. The van der Waals surface area contributed by atoms with Crippen molar-refractivity contribution in [1.29, 1.82) is 0 Å². The van der Waals surface area contributed by atoms with E-state index in [1.165, 1.54) is 38.2 Å². The molecular weight excluding hydrogens is 254 g/mol. The number of rotatable bonds is 0. The summed E-state index contributed by atoms with van der Waals surface area (Å²) in [5.74, 6) is -0.538. The molecule has 0 unspecified atom stereocenters. The third kappa shape index (κ3) is 11.0. The highest BCUT2D eigenvalue weighted by Crippen LogP contribution is 2.22. The van der Waals surface area contributed by atoms with Gasteiger partial charge in [0.2, 0.25) is 0 Å². The molecule has 118 valence electrons. The van der Waals surface area contributed by atoms with E-state index < -0.39 is 11.6 Å². The van der Waals surface area contributed by atoms with Crippen LogP contribution < -0.4 is 0 Å². The third-order valence-corrected chi connectivity index (χ3v) is 2.97. The van der Waals surface area contributed by atoms with E-state index in [0.717, 1.165) is 23.6 Å². The number of hydrogen-bond donors (Lipinski definition) is 0. The molecule has 0 spiro atoms. The van der Waals surface area contributed by atoms with Gasteiger partial charge in [-0.15, -0.1) is 0 Å². The summed E-state index contributed by atoms with van der Waals surface area (Å²) in [5, 5.41) is 0. The van der Waals surface area contributed by atoms with Crippen molar-refractivity contribution in [2.75, 3.05) is 0 Å². The highest BCUT2D eigenvalue weighted by Gasteiger charge is 2.05. The van der Waals surface area contributed by atoms with Gasteiger partial charge in [0.25, 0.3) is 0 Å². The molecule has 1 aromatic rings. The van der Waals surface area contributed by atoms with Gasteiger partial charge < -0.3 is 0 Å². The zero-order valence-corrected chi connectivity index (χ0v) is 14.1. The summed E-state index contributed by atoms with van der Waals surface area (Å²) in [6, 6.07) is 3.80. The first kappa shape index (κ1) is 21.4. The van der Waals surface area contributed by atoms with Gasteiger partial charge >= 0.3 is 0 Å². The second kappa shape index (κ2) is 14.5. The monoisotopic (exact) mass is 286 g/mol. The molecule has 0 nitrogen and oxygen atoms in total. The minimum Gasteiger partial charge on any atom is -0.204 e. The Hall–Kier alpha value is -0.920. The van der Waals surface area contributed by atoms with Crippen molar-refractivity contribution in [2.45, 2.75) is 73.6 Å². The fourth-order valence-corrected chi connectivity index (χ4v) is 1.91. The maximum Gasteiger partial charge on any atom is 0.159 e. The van der Waals surface area contributed by atoms with Gasteiger partial charge in [-0.25, -0.2) is 8.78 Å². The normalized spacial score (nSPS) is 13.8. The zero-order chi connectivity index (χ0) is 16.0. The Morgan fingerprint density at radius 1 is 0.850 bits per heavy atom. The lowest BCUT2D eigenvalue weighted by Gasteiger charge is -2.15. The van der Waals surface area contributed by atoms with Crippen LogP contribution in [-0.2, 0) is 0 Å². The Bertz CT molecular complexity index is 315. The van der Waals surface area contributed by atoms with Gasteiger partial charge in [-0.05, 0) is 30.5 Å². The first-order chi connectivity index (χ1) is 9.59. The van der Waals surface area contributed by atoms with Crippen molar-refractivity contribution in [3.63, 3.8) is 0 Å². The Morgan fingerprint density at radius 2 is 1.35 bits per heavy atom. The first-order valence-electron chi connectivity index (χ1n) is 8.01. The molecular formula is C18H32F2. The van der Waals surface area contributed by atoms with E-state index in [-0.39, 0.29) is 0 Å². The standard InChI is InChI=1S/C7H6F2.C7H14.2C2H6/c1-5-2-3-6(8)7(9)4-5;1-7-5-3-2-4-6-7;2*1-2/h2-4H,1H3;7H,2-6H2,1H3;2*1-2H3. The van der Waals surface area contributed by atoms with E-state index in [1.807, 2.05) is 27.7 Å². The summed E-state index contributed by atoms with van der Waals surface area (Å²) in [5.41, 5.74) is 0.730. The zero-order valence-electron chi connectivity index (χ0n) is 14.1. The molecule has 20 heavy (non-hydrogen) atoms. The predicted molar refractivity (Wildman–Crippen MR) is 86.0 cm³/mol. The molecule has 0 N–H and O–H groups in total. The number of halogens is 2. The molecule has 1 saturated carbocycles. The Balaban J connectivity index is 0. The lowest BCUT2D eigenvalue weighted by Crippen LogP contribution is -1.99. The Labute approximate surface area is 124 Å². The highest BCUT2D eigenvalue weighted by molar-refractivity contribution is 5.15. The van der Waals surface area contributed by atoms with Crippen LogP contribution in [0.15, 0.2) is 18.2 Å². The quantitative estimate of drug-likeness (QED) is 0.486. The van der Waals surface area contributed by atoms with Crippen LogP contribution in [0.5, 0.6) is 0 Å². The molecule has 0 heterocycles.